The predicted molar refractivity (Wildman–Crippen MR) is 134 cm³/mol. The van der Waals surface area contributed by atoms with Crippen LogP contribution in [-0.2, 0) is 13.1 Å². The molecule has 6 nitrogen and oxygen atoms in total. The van der Waals surface area contributed by atoms with E-state index >= 15 is 0 Å². The van der Waals surface area contributed by atoms with Gasteiger partial charge < -0.3 is 9.47 Å². The van der Waals surface area contributed by atoms with E-state index in [0.717, 1.165) is 42.3 Å². The van der Waals surface area contributed by atoms with Crippen molar-refractivity contribution in [2.45, 2.75) is 25.6 Å². The summed E-state index contributed by atoms with van der Waals surface area (Å²) in [6.07, 6.45) is 7.43. The number of fused-ring (bicyclic) bond motifs is 5. The van der Waals surface area contributed by atoms with Crippen molar-refractivity contribution in [3.63, 3.8) is 0 Å². The highest BCUT2D eigenvalue weighted by Crippen LogP contribution is 2.34. The van der Waals surface area contributed by atoms with E-state index in [9.17, 15) is 0 Å². The zero-order chi connectivity index (χ0) is 23.2. The fraction of sp³-hybridized carbons (Fsp3) is 0.286. The Morgan fingerprint density at radius 2 is 1.94 bits per heavy atom. The molecule has 6 rings (SSSR count). The molecule has 1 fully saturated rings. The minimum absolute atomic E-state index is 0.653. The normalized spacial score (nSPS) is 16.8. The Balaban J connectivity index is 1.34. The van der Waals surface area contributed by atoms with E-state index < -0.39 is 0 Å². The quantitative estimate of drug-likeness (QED) is 0.401. The van der Waals surface area contributed by atoms with Gasteiger partial charge >= 0.3 is 0 Å². The van der Waals surface area contributed by atoms with Gasteiger partial charge in [0.15, 0.2) is 5.82 Å². The van der Waals surface area contributed by atoms with Crippen molar-refractivity contribution in [3.8, 4) is 34.4 Å². The highest BCUT2D eigenvalue weighted by atomic mass is 15.2. The lowest BCUT2D eigenvalue weighted by Gasteiger charge is -2.42. The van der Waals surface area contributed by atoms with E-state index in [1.807, 2.05) is 30.5 Å². The first-order valence-corrected chi connectivity index (χ1v) is 11.8. The molecule has 2 aliphatic heterocycles. The Bertz CT molecular complexity index is 1390. The summed E-state index contributed by atoms with van der Waals surface area (Å²) in [6, 6.07) is 19.7. The van der Waals surface area contributed by atoms with Crippen molar-refractivity contribution in [3.05, 3.63) is 83.8 Å². The number of hydrogen-bond acceptors (Lipinski definition) is 4. The van der Waals surface area contributed by atoms with E-state index in [1.165, 1.54) is 29.8 Å². The maximum absolute atomic E-state index is 9.12. The van der Waals surface area contributed by atoms with Crippen LogP contribution in [0.3, 0.4) is 0 Å². The van der Waals surface area contributed by atoms with Crippen molar-refractivity contribution < 1.29 is 0 Å². The van der Waals surface area contributed by atoms with Gasteiger partial charge in [0.1, 0.15) is 0 Å². The lowest BCUT2D eigenvalue weighted by molar-refractivity contribution is 0.0613. The van der Waals surface area contributed by atoms with Gasteiger partial charge in [-0.1, -0.05) is 24.3 Å². The summed E-state index contributed by atoms with van der Waals surface area (Å²) in [6.45, 7) is 4.10. The first-order chi connectivity index (χ1) is 16.6. The molecule has 2 aliphatic rings. The van der Waals surface area contributed by atoms with E-state index in [-0.39, 0.29) is 0 Å². The Morgan fingerprint density at radius 3 is 2.68 bits per heavy atom. The number of benzene rings is 2. The second kappa shape index (κ2) is 8.28. The van der Waals surface area contributed by atoms with Crippen LogP contribution >= 0.6 is 0 Å². The van der Waals surface area contributed by atoms with Gasteiger partial charge in [0, 0.05) is 56.4 Å². The summed E-state index contributed by atoms with van der Waals surface area (Å²) in [5, 5.41) is 9.12. The van der Waals surface area contributed by atoms with Crippen LogP contribution in [0.5, 0.6) is 0 Å². The van der Waals surface area contributed by atoms with Gasteiger partial charge in [0.05, 0.1) is 23.0 Å². The molecule has 0 saturated carbocycles. The minimum Gasteiger partial charge on any atom is -0.340 e. The molecule has 1 atom stereocenters. The number of hydrogen-bond donors (Lipinski definition) is 0. The second-order valence-corrected chi connectivity index (χ2v) is 9.69. The van der Waals surface area contributed by atoms with Crippen molar-refractivity contribution in [1.29, 1.82) is 5.26 Å². The molecule has 170 valence electrons. The van der Waals surface area contributed by atoms with Crippen molar-refractivity contribution in [2.24, 2.45) is 0 Å². The maximum Gasteiger partial charge on any atom is 0.161 e. The van der Waals surface area contributed by atoms with E-state index in [2.05, 4.69) is 75.8 Å². The topological polar surface area (TPSA) is 53.0 Å². The minimum atomic E-state index is 0.653. The molecule has 0 unspecified atom stereocenters. The smallest absolute Gasteiger partial charge is 0.161 e. The van der Waals surface area contributed by atoms with Crippen LogP contribution in [-0.4, -0.2) is 57.1 Å². The lowest BCUT2D eigenvalue weighted by Crippen LogP contribution is -2.51. The third kappa shape index (κ3) is 3.63. The first kappa shape index (κ1) is 20.9. The van der Waals surface area contributed by atoms with E-state index in [0.29, 0.717) is 11.6 Å². The van der Waals surface area contributed by atoms with Gasteiger partial charge in [0.25, 0.3) is 0 Å². The third-order valence-electron chi connectivity index (χ3n) is 7.09. The molecule has 6 heteroatoms. The molecular weight excluding hydrogens is 420 g/mol. The third-order valence-corrected chi connectivity index (χ3v) is 7.09. The van der Waals surface area contributed by atoms with Gasteiger partial charge in [0.2, 0.25) is 0 Å². The molecule has 1 saturated heterocycles. The molecule has 0 spiro atoms. The zero-order valence-corrected chi connectivity index (χ0v) is 19.6. The fourth-order valence-electron chi connectivity index (χ4n) is 5.26. The summed E-state index contributed by atoms with van der Waals surface area (Å²) in [5.74, 6) is 0.959. The van der Waals surface area contributed by atoms with Crippen molar-refractivity contribution >= 4 is 0 Å². The summed E-state index contributed by atoms with van der Waals surface area (Å²) in [4.78, 5) is 9.58. The summed E-state index contributed by atoms with van der Waals surface area (Å²) in [5.41, 5.74) is 7.91. The Hall–Kier alpha value is -3.66. The van der Waals surface area contributed by atoms with Gasteiger partial charge in [-0.05, 0) is 61.5 Å². The van der Waals surface area contributed by atoms with Gasteiger partial charge in [-0.25, -0.2) is 4.98 Å². The van der Waals surface area contributed by atoms with E-state index in [1.54, 1.807) is 0 Å². The first-order valence-electron chi connectivity index (χ1n) is 11.8. The summed E-state index contributed by atoms with van der Waals surface area (Å²) < 4.78 is 4.51. The largest absolute Gasteiger partial charge is 0.340 e. The molecule has 34 heavy (non-hydrogen) atoms. The lowest BCUT2D eigenvalue weighted by atomic mass is 10.00. The van der Waals surface area contributed by atoms with Crippen LogP contribution in [0.2, 0.25) is 0 Å². The number of imidazole rings is 1. The van der Waals surface area contributed by atoms with Crippen LogP contribution in [0, 0.1) is 11.3 Å². The molecule has 0 bridgehead atoms. The van der Waals surface area contributed by atoms with Crippen molar-refractivity contribution in [1.82, 2.24) is 23.9 Å². The van der Waals surface area contributed by atoms with Crippen LogP contribution in [0.15, 0.2) is 67.1 Å². The molecule has 2 aromatic heterocycles. The van der Waals surface area contributed by atoms with Gasteiger partial charge in [-0.2, -0.15) is 5.26 Å². The second-order valence-electron chi connectivity index (χ2n) is 9.69. The standard InChI is InChI=1S/C28H28N6/c1-31(2)19-25-9-11-32(25)16-21-5-8-26-24(13-21)18-33-17-23(22-6-3-20(15-29)4-7-22)14-27(33)28-30-10-12-34(26)28/h3-8,10,12-14,17,25H,9,11,16,18-19H2,1-2H3/t25-/m1/s1. The van der Waals surface area contributed by atoms with Crippen LogP contribution in [0.25, 0.3) is 28.3 Å². The molecule has 0 radical (unpaired) electrons. The molecule has 0 N–H and O–H groups in total. The highest BCUT2D eigenvalue weighted by Gasteiger charge is 2.28. The number of aromatic nitrogens is 3. The number of nitriles is 1. The summed E-state index contributed by atoms with van der Waals surface area (Å²) in [7, 11) is 4.31. The molecule has 2 aromatic carbocycles. The SMILES string of the molecule is CN(C)C[C@H]1CCN1Cc1ccc2c(c1)Cn1cc(-c3ccc(C#N)cc3)cc1-c1nccn1-2. The Kier molecular flexibility index (Phi) is 5.09. The monoisotopic (exact) mass is 448 g/mol. The number of likely N-dealkylation sites (N-methyl/N-ethyl adjacent to an activating group) is 1. The number of nitrogens with zero attached hydrogens (tertiary/aromatic N) is 6. The number of rotatable bonds is 5. The predicted octanol–water partition coefficient (Wildman–Crippen LogP) is 4.38. The Labute approximate surface area is 200 Å². The number of likely N-dealkylation sites (tertiary alicyclic amines) is 1. The fourth-order valence-corrected chi connectivity index (χ4v) is 5.26. The molecular formula is C28H28N6. The van der Waals surface area contributed by atoms with Crippen molar-refractivity contribution in [2.75, 3.05) is 27.2 Å². The van der Waals surface area contributed by atoms with E-state index in [4.69, 9.17) is 10.2 Å². The van der Waals surface area contributed by atoms with Crippen LogP contribution < -0.4 is 0 Å². The highest BCUT2D eigenvalue weighted by molar-refractivity contribution is 5.72. The van der Waals surface area contributed by atoms with Crippen LogP contribution in [0.4, 0.5) is 0 Å². The molecule has 0 aliphatic carbocycles. The van der Waals surface area contributed by atoms with Gasteiger partial charge in [-0.3, -0.25) is 9.47 Å². The average molecular weight is 449 g/mol. The van der Waals surface area contributed by atoms with Gasteiger partial charge in [-0.15, -0.1) is 0 Å². The molecule has 4 aromatic rings. The summed E-state index contributed by atoms with van der Waals surface area (Å²) >= 11 is 0. The van der Waals surface area contributed by atoms with Crippen LogP contribution in [0.1, 0.15) is 23.1 Å². The zero-order valence-electron chi connectivity index (χ0n) is 19.6. The Morgan fingerprint density at radius 1 is 1.09 bits per heavy atom. The molecule has 4 heterocycles. The molecule has 0 amide bonds. The average Bonchev–Trinajstić information content (AvgIpc) is 3.45. The maximum atomic E-state index is 9.12.